The van der Waals surface area contributed by atoms with Crippen molar-refractivity contribution in [2.24, 2.45) is 0 Å². The van der Waals surface area contributed by atoms with Gasteiger partial charge < -0.3 is 10.2 Å². The molecule has 0 fully saturated rings. The van der Waals surface area contributed by atoms with Crippen molar-refractivity contribution in [1.29, 1.82) is 0 Å². The van der Waals surface area contributed by atoms with Crippen LogP contribution in [0.15, 0.2) is 36.5 Å². The van der Waals surface area contributed by atoms with Gasteiger partial charge in [0.25, 0.3) is 0 Å². The largest absolute Gasteiger partial charge is 0.314 e. The molecule has 112 valence electrons. The lowest BCUT2D eigenvalue weighted by molar-refractivity contribution is 0.423. The average molecular weight is 284 g/mol. The first-order valence-electron chi connectivity index (χ1n) is 7.23. The van der Waals surface area contributed by atoms with Gasteiger partial charge in [-0.25, -0.2) is 9.97 Å². The van der Waals surface area contributed by atoms with Gasteiger partial charge in [-0.1, -0.05) is 18.2 Å². The molecule has 1 heterocycles. The van der Waals surface area contributed by atoms with E-state index in [9.17, 15) is 0 Å². The van der Waals surface area contributed by atoms with Crippen LogP contribution in [0.2, 0.25) is 0 Å². The summed E-state index contributed by atoms with van der Waals surface area (Å²) in [5, 5.41) is 3.47. The predicted octanol–water partition coefficient (Wildman–Crippen LogP) is 3.44. The van der Waals surface area contributed by atoms with Crippen molar-refractivity contribution in [3.8, 4) is 0 Å². The Morgan fingerprint density at radius 1 is 1.14 bits per heavy atom. The fourth-order valence-electron chi connectivity index (χ4n) is 1.94. The molecule has 0 unspecified atom stereocenters. The Balaban J connectivity index is 2.15. The Kier molecular flexibility index (Phi) is 4.58. The summed E-state index contributed by atoms with van der Waals surface area (Å²) < 4.78 is 0. The van der Waals surface area contributed by atoms with Crippen molar-refractivity contribution in [3.63, 3.8) is 0 Å². The Labute approximate surface area is 127 Å². The van der Waals surface area contributed by atoms with Crippen molar-refractivity contribution in [2.45, 2.75) is 39.8 Å². The molecule has 0 amide bonds. The van der Waals surface area contributed by atoms with Crippen molar-refractivity contribution in [3.05, 3.63) is 47.8 Å². The molecule has 1 aromatic carbocycles. The fourth-order valence-corrected chi connectivity index (χ4v) is 1.94. The van der Waals surface area contributed by atoms with Crippen molar-refractivity contribution in [1.82, 2.24) is 15.3 Å². The molecule has 0 radical (unpaired) electrons. The molecule has 0 bridgehead atoms. The lowest BCUT2D eigenvalue weighted by Gasteiger charge is -2.22. The summed E-state index contributed by atoms with van der Waals surface area (Å²) in [6.07, 6.45) is 1.91. The predicted molar refractivity (Wildman–Crippen MR) is 87.9 cm³/mol. The second-order valence-corrected chi connectivity index (χ2v) is 6.28. The molecule has 0 spiro atoms. The zero-order chi connectivity index (χ0) is 15.5. The number of benzene rings is 1. The third-order valence-corrected chi connectivity index (χ3v) is 3.32. The molecule has 0 saturated carbocycles. The molecule has 4 nitrogen and oxygen atoms in total. The van der Waals surface area contributed by atoms with Gasteiger partial charge in [0.2, 0.25) is 5.95 Å². The first-order valence-corrected chi connectivity index (χ1v) is 7.23. The smallest absolute Gasteiger partial charge is 0.229 e. The lowest BCUT2D eigenvalue weighted by Crippen LogP contribution is -2.35. The van der Waals surface area contributed by atoms with Gasteiger partial charge in [-0.05, 0) is 39.8 Å². The van der Waals surface area contributed by atoms with Crippen LogP contribution in [0.3, 0.4) is 0 Å². The summed E-state index contributed by atoms with van der Waals surface area (Å²) in [6, 6.07) is 10.1. The van der Waals surface area contributed by atoms with Gasteiger partial charge >= 0.3 is 0 Å². The second kappa shape index (κ2) is 6.22. The molecule has 2 aromatic rings. The molecule has 0 aliphatic rings. The average Bonchev–Trinajstić information content (AvgIpc) is 2.45. The van der Waals surface area contributed by atoms with Gasteiger partial charge in [-0.15, -0.1) is 0 Å². The Morgan fingerprint density at radius 2 is 1.81 bits per heavy atom. The zero-order valence-corrected chi connectivity index (χ0v) is 13.5. The molecule has 4 heteroatoms. The van der Waals surface area contributed by atoms with Crippen LogP contribution in [0.1, 0.15) is 32.0 Å². The van der Waals surface area contributed by atoms with E-state index in [-0.39, 0.29) is 5.54 Å². The molecule has 2 rings (SSSR count). The van der Waals surface area contributed by atoms with Crippen molar-refractivity contribution >= 4 is 11.6 Å². The molecule has 1 aromatic heterocycles. The Bertz CT molecular complexity index is 587. The number of aromatic nitrogens is 2. The van der Waals surface area contributed by atoms with Crippen LogP contribution >= 0.6 is 0 Å². The maximum atomic E-state index is 4.62. The highest BCUT2D eigenvalue weighted by Crippen LogP contribution is 2.20. The molecular formula is C17H24N4. The summed E-state index contributed by atoms with van der Waals surface area (Å²) in [5.41, 5.74) is 3.32. The van der Waals surface area contributed by atoms with Crippen LogP contribution in [-0.2, 0) is 6.54 Å². The van der Waals surface area contributed by atoms with E-state index in [4.69, 9.17) is 0 Å². The topological polar surface area (TPSA) is 41.1 Å². The molecule has 21 heavy (non-hydrogen) atoms. The minimum absolute atomic E-state index is 0.0892. The van der Waals surface area contributed by atoms with E-state index in [0.29, 0.717) is 0 Å². The molecule has 1 N–H and O–H groups in total. The van der Waals surface area contributed by atoms with Crippen LogP contribution in [0, 0.1) is 6.92 Å². The highest BCUT2D eigenvalue weighted by atomic mass is 15.2. The number of nitrogens with zero attached hydrogens (tertiary/aromatic N) is 3. The highest BCUT2D eigenvalue weighted by Gasteiger charge is 2.12. The maximum absolute atomic E-state index is 4.62. The number of aryl methyl sites for hydroxylation is 1. The lowest BCUT2D eigenvalue weighted by atomic mass is 10.1. The quantitative estimate of drug-likeness (QED) is 0.933. The third-order valence-electron chi connectivity index (χ3n) is 3.32. The van der Waals surface area contributed by atoms with E-state index in [1.54, 1.807) is 0 Å². The normalized spacial score (nSPS) is 11.5. The number of hydrogen-bond acceptors (Lipinski definition) is 4. The first-order chi connectivity index (χ1) is 9.87. The summed E-state index contributed by atoms with van der Waals surface area (Å²) in [4.78, 5) is 11.1. The van der Waals surface area contributed by atoms with Crippen LogP contribution < -0.4 is 10.2 Å². The Morgan fingerprint density at radius 3 is 2.38 bits per heavy atom. The zero-order valence-electron chi connectivity index (χ0n) is 13.5. The van der Waals surface area contributed by atoms with Gasteiger partial charge in [0.05, 0.1) is 0 Å². The van der Waals surface area contributed by atoms with E-state index < -0.39 is 0 Å². The molecule has 0 atom stereocenters. The third kappa shape index (κ3) is 4.26. The summed E-state index contributed by atoms with van der Waals surface area (Å²) in [7, 11) is 1.98. The van der Waals surface area contributed by atoms with Crippen LogP contribution in [-0.4, -0.2) is 22.6 Å². The molecular weight excluding hydrogens is 260 g/mol. The summed E-state index contributed by atoms with van der Waals surface area (Å²) >= 11 is 0. The summed E-state index contributed by atoms with van der Waals surface area (Å²) in [6.45, 7) is 9.27. The first kappa shape index (κ1) is 15.4. The minimum atomic E-state index is 0.0892. The van der Waals surface area contributed by atoms with Crippen LogP contribution in [0.5, 0.6) is 0 Å². The van der Waals surface area contributed by atoms with Crippen LogP contribution in [0.25, 0.3) is 0 Å². The maximum Gasteiger partial charge on any atom is 0.229 e. The number of nitrogens with one attached hydrogen (secondary N) is 1. The molecule has 0 aliphatic carbocycles. The monoisotopic (exact) mass is 284 g/mol. The SMILES string of the molecule is Cc1nc(N(C)c2ccccc2)ncc1CNC(C)(C)C. The van der Waals surface area contributed by atoms with Gasteiger partial charge in [0.1, 0.15) is 0 Å². The number of para-hydroxylation sites is 1. The summed E-state index contributed by atoms with van der Waals surface area (Å²) in [5.74, 6) is 0.721. The van der Waals surface area contributed by atoms with E-state index in [0.717, 1.165) is 29.4 Å². The number of hydrogen-bond donors (Lipinski definition) is 1. The molecule has 0 aliphatic heterocycles. The Hall–Kier alpha value is -1.94. The van der Waals surface area contributed by atoms with Gasteiger partial charge in [0, 0.05) is 42.3 Å². The minimum Gasteiger partial charge on any atom is -0.314 e. The standard InChI is InChI=1S/C17H24N4/c1-13-14(12-19-17(2,3)4)11-18-16(20-13)21(5)15-9-7-6-8-10-15/h6-11,19H,12H2,1-5H3. The van der Waals surface area contributed by atoms with E-state index in [2.05, 4.69) is 36.1 Å². The van der Waals surface area contributed by atoms with E-state index in [1.165, 1.54) is 0 Å². The van der Waals surface area contributed by atoms with Crippen molar-refractivity contribution < 1.29 is 0 Å². The van der Waals surface area contributed by atoms with Crippen molar-refractivity contribution in [2.75, 3.05) is 11.9 Å². The second-order valence-electron chi connectivity index (χ2n) is 6.28. The molecule has 0 saturated heterocycles. The van der Waals surface area contributed by atoms with E-state index in [1.807, 2.05) is 55.4 Å². The van der Waals surface area contributed by atoms with E-state index >= 15 is 0 Å². The number of rotatable bonds is 4. The van der Waals surface area contributed by atoms with Crippen LogP contribution in [0.4, 0.5) is 11.6 Å². The fraction of sp³-hybridized carbons (Fsp3) is 0.412. The number of anilines is 2. The van der Waals surface area contributed by atoms with Gasteiger partial charge in [-0.3, -0.25) is 0 Å². The highest BCUT2D eigenvalue weighted by molar-refractivity contribution is 5.55. The van der Waals surface area contributed by atoms with Gasteiger partial charge in [-0.2, -0.15) is 0 Å². The van der Waals surface area contributed by atoms with Gasteiger partial charge in [0.15, 0.2) is 0 Å².